The van der Waals surface area contributed by atoms with E-state index in [2.05, 4.69) is 18.1 Å². The smallest absolute Gasteiger partial charge is 0.417 e. The van der Waals surface area contributed by atoms with Crippen LogP contribution in [0.5, 0.6) is 23.0 Å². The number of nitrogens with zero attached hydrogens (tertiary/aromatic N) is 6. The third kappa shape index (κ3) is 14.3. The van der Waals surface area contributed by atoms with Crippen molar-refractivity contribution in [2.75, 3.05) is 81.4 Å². The quantitative estimate of drug-likeness (QED) is 0.115. The summed E-state index contributed by atoms with van der Waals surface area (Å²) in [5.41, 5.74) is 2.15. The number of anilines is 3. The molecular weight excluding hydrogens is 1120 g/mol. The van der Waals surface area contributed by atoms with E-state index in [1.165, 1.54) is 24.0 Å². The van der Waals surface area contributed by atoms with Gasteiger partial charge in [0.2, 0.25) is 0 Å². The van der Waals surface area contributed by atoms with Crippen molar-refractivity contribution in [2.45, 2.75) is 181 Å². The molecule has 22 nitrogen and oxygen atoms in total. The zero-order chi connectivity index (χ0) is 62.3. The van der Waals surface area contributed by atoms with Crippen molar-refractivity contribution >= 4 is 47.2 Å². The second kappa shape index (κ2) is 25.4. The molecule has 5 fully saturated rings. The molecule has 3 aromatic carbocycles. The maximum absolute atomic E-state index is 14.8. The molecule has 0 saturated carbocycles. The van der Waals surface area contributed by atoms with Crippen LogP contribution in [0.3, 0.4) is 0 Å². The van der Waals surface area contributed by atoms with Gasteiger partial charge in [0, 0.05) is 70.3 Å². The van der Waals surface area contributed by atoms with E-state index in [4.69, 9.17) is 52.1 Å². The summed E-state index contributed by atoms with van der Waals surface area (Å²) in [6.07, 6.45) is 0.336. The highest BCUT2D eigenvalue weighted by atomic mass is 16.7. The Bertz CT molecular complexity index is 2930. The summed E-state index contributed by atoms with van der Waals surface area (Å²) >= 11 is 0. The van der Waals surface area contributed by atoms with Gasteiger partial charge in [-0.2, -0.15) is 0 Å². The molecule has 7 aliphatic heterocycles. The molecule has 6 atom stereocenters. The number of piperazine rings is 1. The number of methoxy groups -OCH3 is 2. The van der Waals surface area contributed by atoms with E-state index in [0.29, 0.717) is 76.2 Å². The first-order valence-corrected chi connectivity index (χ1v) is 30.3. The van der Waals surface area contributed by atoms with E-state index in [0.717, 1.165) is 42.5 Å². The molecule has 0 aromatic heterocycles. The second-order valence-corrected chi connectivity index (χ2v) is 26.3. The minimum atomic E-state index is -1.02. The van der Waals surface area contributed by atoms with Crippen LogP contribution >= 0.6 is 0 Å². The first-order valence-electron chi connectivity index (χ1n) is 30.3. The maximum Gasteiger partial charge on any atom is 0.417 e. The van der Waals surface area contributed by atoms with E-state index in [-0.39, 0.29) is 83.6 Å². The fraction of sp³-hybridized carbons (Fsp3) is 0.585. The lowest BCUT2D eigenvalue weighted by molar-refractivity contribution is -0.196. The predicted molar refractivity (Wildman–Crippen MR) is 323 cm³/mol. The lowest BCUT2D eigenvalue weighted by Crippen LogP contribution is -2.54. The summed E-state index contributed by atoms with van der Waals surface area (Å²) in [7, 11) is 2.97. The number of carbonyl (C=O) groups is 5. The monoisotopic (exact) mass is 1210 g/mol. The lowest BCUT2D eigenvalue weighted by atomic mass is 10.1. The summed E-state index contributed by atoms with van der Waals surface area (Å²) in [6, 6.07) is 11.2. The zero-order valence-electron chi connectivity index (χ0n) is 52.4. The molecule has 2 unspecified atom stereocenters. The van der Waals surface area contributed by atoms with Crippen LogP contribution in [0.2, 0.25) is 0 Å². The molecule has 0 spiro atoms. The Hall–Kier alpha value is -7.27. The van der Waals surface area contributed by atoms with E-state index >= 15 is 0 Å². The average Bonchev–Trinajstić information content (AvgIpc) is 1.66. The fourth-order valence-electron chi connectivity index (χ4n) is 12.1. The van der Waals surface area contributed by atoms with Gasteiger partial charge < -0.3 is 71.7 Å². The molecule has 0 bridgehead atoms. The van der Waals surface area contributed by atoms with Gasteiger partial charge in [0.1, 0.15) is 30.0 Å². The standard InChI is InChI=1S/C65H86N6O16/c1-39-26-48-58(83-54-18-14-16-24-79-54)70(61(75)86-64(6,7)8)46-33-52(50(77-12)31-44(46)56(72)68(48)35-39)81-37-41-28-42(30-43(29-41)66-20-22-67(23-21-66)60(74)85-63(3,4)5)38-82-53-34-47-45(32-51(53)78-13)57(73)69-36-40(2)27-49(69)59(84-55-19-15-17-25-80-55)71(47)62(76)87-65(9,10)11/h28-34,48-49,54-55,58-59H,1-2,14-27,35-38H2,3-13H3/t48-,49-,54?,55?,58-,59-/m0/s1. The van der Waals surface area contributed by atoms with Gasteiger partial charge in [0.25, 0.3) is 11.8 Å². The fourth-order valence-corrected chi connectivity index (χ4v) is 12.1. The topological polar surface area (TPSA) is 206 Å². The highest BCUT2D eigenvalue weighted by Crippen LogP contribution is 2.46. The number of ether oxygens (including phenoxy) is 11. The van der Waals surface area contributed by atoms with Crippen LogP contribution in [0.15, 0.2) is 66.8 Å². The second-order valence-electron chi connectivity index (χ2n) is 26.3. The van der Waals surface area contributed by atoms with Crippen molar-refractivity contribution in [1.29, 1.82) is 0 Å². The molecular formula is C65H86N6O16. The van der Waals surface area contributed by atoms with Crippen LogP contribution in [-0.4, -0.2) is 165 Å². The normalized spacial score (nSPS) is 23.5. The minimum absolute atomic E-state index is 0.0377. The van der Waals surface area contributed by atoms with Crippen LogP contribution < -0.4 is 33.6 Å². The number of benzene rings is 3. The van der Waals surface area contributed by atoms with E-state index in [1.807, 2.05) is 39.0 Å². The SMILES string of the molecule is C=C1C[C@H]2[C@H](OC3CCCCO3)N(C(=O)OC(C)(C)C)c3cc(OCc4cc(COc5cc6c(cc5OC)C(=O)N5CC(=C)C[C@H]5[C@H](OC5CCCCO5)N6C(=O)OC(C)(C)C)cc(N5CCN(C(=O)OC(C)(C)C)CC5)c4)c(OC)cc3C(=O)N2C1. The van der Waals surface area contributed by atoms with Crippen molar-refractivity contribution in [2.24, 2.45) is 0 Å². The molecule has 0 aliphatic carbocycles. The Labute approximate surface area is 510 Å². The van der Waals surface area contributed by atoms with E-state index in [1.54, 1.807) is 80.5 Å². The van der Waals surface area contributed by atoms with Crippen molar-refractivity contribution < 1.29 is 76.1 Å². The lowest BCUT2D eigenvalue weighted by Gasteiger charge is -2.39. The Morgan fingerprint density at radius 1 is 0.540 bits per heavy atom. The maximum atomic E-state index is 14.8. The van der Waals surface area contributed by atoms with Gasteiger partial charge in [-0.25, -0.2) is 24.2 Å². The number of hydrogen-bond acceptors (Lipinski definition) is 17. The van der Waals surface area contributed by atoms with E-state index < -0.39 is 72.2 Å². The number of amides is 5. The minimum Gasteiger partial charge on any atom is -0.493 e. The van der Waals surface area contributed by atoms with Crippen LogP contribution in [0, 0.1) is 0 Å². The van der Waals surface area contributed by atoms with Crippen LogP contribution in [-0.2, 0) is 46.4 Å². The Morgan fingerprint density at radius 3 is 1.33 bits per heavy atom. The average molecular weight is 1210 g/mol. The van der Waals surface area contributed by atoms with Gasteiger partial charge in [0.05, 0.1) is 48.8 Å². The molecule has 5 amide bonds. The summed E-state index contributed by atoms with van der Waals surface area (Å²) in [4.78, 5) is 82.4. The van der Waals surface area contributed by atoms with E-state index in [9.17, 15) is 24.0 Å². The van der Waals surface area contributed by atoms with Crippen LogP contribution in [0.1, 0.15) is 146 Å². The Kier molecular flexibility index (Phi) is 18.4. The van der Waals surface area contributed by atoms with Crippen LogP contribution in [0.25, 0.3) is 0 Å². The molecule has 0 radical (unpaired) electrons. The van der Waals surface area contributed by atoms with Crippen molar-refractivity contribution in [3.8, 4) is 23.0 Å². The van der Waals surface area contributed by atoms with Crippen molar-refractivity contribution in [3.05, 3.63) is 89.0 Å². The molecule has 7 heterocycles. The van der Waals surface area contributed by atoms with Gasteiger partial charge >= 0.3 is 18.3 Å². The highest BCUT2D eigenvalue weighted by Gasteiger charge is 2.51. The Balaban J connectivity index is 1.01. The summed E-state index contributed by atoms with van der Waals surface area (Å²) in [5, 5.41) is 0. The van der Waals surface area contributed by atoms with Crippen molar-refractivity contribution in [3.63, 3.8) is 0 Å². The van der Waals surface area contributed by atoms with Gasteiger partial charge in [0.15, 0.2) is 48.0 Å². The zero-order valence-corrected chi connectivity index (χ0v) is 52.4. The molecule has 87 heavy (non-hydrogen) atoms. The van der Waals surface area contributed by atoms with Gasteiger partial charge in [-0.3, -0.25) is 9.59 Å². The number of rotatable bonds is 13. The molecule has 5 saturated heterocycles. The summed E-state index contributed by atoms with van der Waals surface area (Å²) < 4.78 is 69.1. The van der Waals surface area contributed by atoms with Crippen LogP contribution in [0.4, 0.5) is 31.4 Å². The molecule has 22 heteroatoms. The molecule has 3 aromatic rings. The number of carbonyl (C=O) groups excluding carboxylic acids is 5. The Morgan fingerprint density at radius 2 is 0.954 bits per heavy atom. The van der Waals surface area contributed by atoms with Crippen molar-refractivity contribution in [1.82, 2.24) is 14.7 Å². The molecule has 0 N–H and O–H groups in total. The third-order valence-corrected chi connectivity index (χ3v) is 16.0. The molecule has 10 rings (SSSR count). The molecule has 472 valence electrons. The van der Waals surface area contributed by atoms with Gasteiger partial charge in [-0.1, -0.05) is 24.3 Å². The first kappa shape index (κ1) is 62.8. The number of fused-ring (bicyclic) bond motifs is 4. The highest BCUT2D eigenvalue weighted by molar-refractivity contribution is 6.07. The molecule has 7 aliphatic rings. The summed E-state index contributed by atoms with van der Waals surface area (Å²) in [6.45, 7) is 27.9. The first-order chi connectivity index (χ1) is 41.2. The third-order valence-electron chi connectivity index (χ3n) is 16.0. The summed E-state index contributed by atoms with van der Waals surface area (Å²) in [5.74, 6) is 0.269. The van der Waals surface area contributed by atoms with Gasteiger partial charge in [-0.05, 0) is 155 Å². The van der Waals surface area contributed by atoms with Gasteiger partial charge in [-0.15, -0.1) is 0 Å². The predicted octanol–water partition coefficient (Wildman–Crippen LogP) is 10.7. The largest absolute Gasteiger partial charge is 0.493 e. The number of hydrogen-bond donors (Lipinski definition) is 0.